The molecule has 3 fully saturated rings. The van der Waals surface area contributed by atoms with Gasteiger partial charge < -0.3 is 19.3 Å². The zero-order chi connectivity index (χ0) is 16.6. The van der Waals surface area contributed by atoms with Crippen LogP contribution in [0.5, 0.6) is 0 Å². The lowest BCUT2D eigenvalue weighted by Gasteiger charge is -2.38. The van der Waals surface area contributed by atoms with Crippen molar-refractivity contribution in [1.82, 2.24) is 9.97 Å². The van der Waals surface area contributed by atoms with Crippen molar-refractivity contribution >= 4 is 11.6 Å². The molecule has 3 saturated heterocycles. The maximum atomic E-state index is 5.83. The van der Waals surface area contributed by atoms with Gasteiger partial charge in [-0.3, -0.25) is 0 Å². The van der Waals surface area contributed by atoms with Gasteiger partial charge in [0.2, 0.25) is 0 Å². The third-order valence-corrected chi connectivity index (χ3v) is 5.45. The highest BCUT2D eigenvalue weighted by atomic mass is 16.7. The lowest BCUT2D eigenvalue weighted by atomic mass is 10.0. The Morgan fingerprint density at radius 2 is 1.71 bits per heavy atom. The average molecular weight is 332 g/mol. The van der Waals surface area contributed by atoms with Gasteiger partial charge in [0.1, 0.15) is 17.5 Å². The molecule has 6 nitrogen and oxygen atoms in total. The third-order valence-electron chi connectivity index (χ3n) is 5.45. The molecule has 1 aromatic heterocycles. The van der Waals surface area contributed by atoms with Crippen molar-refractivity contribution in [3.8, 4) is 0 Å². The van der Waals surface area contributed by atoms with Crippen LogP contribution in [0.2, 0.25) is 0 Å². The van der Waals surface area contributed by atoms with Crippen molar-refractivity contribution < 1.29 is 9.47 Å². The van der Waals surface area contributed by atoms with Crippen molar-refractivity contribution in [3.05, 3.63) is 11.9 Å². The summed E-state index contributed by atoms with van der Waals surface area (Å²) in [6, 6.07) is 2.17. The lowest BCUT2D eigenvalue weighted by Crippen LogP contribution is -2.45. The predicted octanol–water partition coefficient (Wildman–Crippen LogP) is 2.36. The Kier molecular flexibility index (Phi) is 4.35. The molecular formula is C18H28N4O2. The van der Waals surface area contributed by atoms with Gasteiger partial charge in [-0.15, -0.1) is 0 Å². The topological polar surface area (TPSA) is 50.7 Å². The zero-order valence-electron chi connectivity index (χ0n) is 14.8. The number of hydrogen-bond donors (Lipinski definition) is 0. The number of nitrogens with zero attached hydrogens (tertiary/aromatic N) is 4. The monoisotopic (exact) mass is 332 g/mol. The average Bonchev–Trinajstić information content (AvgIpc) is 3.03. The van der Waals surface area contributed by atoms with Crippen molar-refractivity contribution in [3.63, 3.8) is 0 Å². The van der Waals surface area contributed by atoms with Gasteiger partial charge in [-0.25, -0.2) is 9.97 Å². The first-order chi connectivity index (χ1) is 11.6. The summed E-state index contributed by atoms with van der Waals surface area (Å²) < 4.78 is 11.7. The minimum Gasteiger partial charge on any atom is -0.356 e. The van der Waals surface area contributed by atoms with Crippen molar-refractivity contribution in [2.24, 2.45) is 5.92 Å². The molecule has 1 aromatic rings. The fourth-order valence-corrected chi connectivity index (χ4v) is 4.12. The molecule has 0 saturated carbocycles. The zero-order valence-corrected chi connectivity index (χ0v) is 14.8. The van der Waals surface area contributed by atoms with Crippen LogP contribution in [-0.4, -0.2) is 55.1 Å². The quantitative estimate of drug-likeness (QED) is 0.829. The third kappa shape index (κ3) is 3.22. The number of hydrogen-bond acceptors (Lipinski definition) is 6. The van der Waals surface area contributed by atoms with E-state index in [1.807, 2.05) is 6.92 Å². The van der Waals surface area contributed by atoms with E-state index in [-0.39, 0.29) is 5.79 Å². The summed E-state index contributed by atoms with van der Waals surface area (Å²) in [5.74, 6) is 3.39. The molecule has 0 aromatic carbocycles. The molecule has 4 heterocycles. The molecule has 24 heavy (non-hydrogen) atoms. The number of ether oxygens (including phenoxy) is 2. The molecule has 0 aliphatic carbocycles. The Labute approximate surface area is 144 Å². The van der Waals surface area contributed by atoms with Gasteiger partial charge in [0, 0.05) is 45.1 Å². The standard InChI is InChI=1S/C18H28N4O2/c1-14-4-3-7-22(13-14)17-12-16(19-15(2)20-17)21-8-5-18(6-9-21)23-10-11-24-18/h12,14H,3-11,13H2,1-2H3. The van der Waals surface area contributed by atoms with Crippen LogP contribution >= 0.6 is 0 Å². The molecule has 0 bridgehead atoms. The number of piperidine rings is 2. The van der Waals surface area contributed by atoms with Crippen LogP contribution in [0.3, 0.4) is 0 Å². The molecule has 3 aliphatic heterocycles. The molecule has 0 radical (unpaired) electrons. The van der Waals surface area contributed by atoms with Gasteiger partial charge in [0.25, 0.3) is 0 Å². The van der Waals surface area contributed by atoms with Crippen LogP contribution in [0.1, 0.15) is 38.4 Å². The van der Waals surface area contributed by atoms with E-state index in [4.69, 9.17) is 19.4 Å². The summed E-state index contributed by atoms with van der Waals surface area (Å²) in [5, 5.41) is 0. The summed E-state index contributed by atoms with van der Waals surface area (Å²) in [6.45, 7) is 9.82. The second kappa shape index (κ2) is 6.48. The Bertz CT molecular complexity index is 578. The molecule has 1 spiro atoms. The van der Waals surface area contributed by atoms with Crippen LogP contribution in [0.4, 0.5) is 11.6 Å². The molecular weight excluding hydrogens is 304 g/mol. The van der Waals surface area contributed by atoms with Gasteiger partial charge in [-0.05, 0) is 25.7 Å². The second-order valence-electron chi connectivity index (χ2n) is 7.42. The summed E-state index contributed by atoms with van der Waals surface area (Å²) in [5.41, 5.74) is 0. The smallest absolute Gasteiger partial charge is 0.171 e. The first-order valence-electron chi connectivity index (χ1n) is 9.27. The highest BCUT2D eigenvalue weighted by molar-refractivity contribution is 5.51. The summed E-state index contributed by atoms with van der Waals surface area (Å²) in [6.07, 6.45) is 4.39. The van der Waals surface area contributed by atoms with Crippen LogP contribution in [-0.2, 0) is 9.47 Å². The molecule has 132 valence electrons. The van der Waals surface area contributed by atoms with E-state index in [9.17, 15) is 0 Å². The molecule has 6 heteroatoms. The Morgan fingerprint density at radius 3 is 2.38 bits per heavy atom. The fourth-order valence-electron chi connectivity index (χ4n) is 4.12. The molecule has 0 N–H and O–H groups in total. The van der Waals surface area contributed by atoms with Gasteiger partial charge >= 0.3 is 0 Å². The Balaban J connectivity index is 1.49. The van der Waals surface area contributed by atoms with E-state index in [1.54, 1.807) is 0 Å². The van der Waals surface area contributed by atoms with E-state index in [1.165, 1.54) is 12.8 Å². The Hall–Kier alpha value is -1.40. The minimum absolute atomic E-state index is 0.330. The maximum Gasteiger partial charge on any atom is 0.171 e. The summed E-state index contributed by atoms with van der Waals surface area (Å²) in [4.78, 5) is 14.2. The predicted molar refractivity (Wildman–Crippen MR) is 93.5 cm³/mol. The summed E-state index contributed by atoms with van der Waals surface area (Å²) in [7, 11) is 0. The van der Waals surface area contributed by atoms with Crippen molar-refractivity contribution in [2.45, 2.75) is 45.3 Å². The number of aryl methyl sites for hydroxylation is 1. The summed E-state index contributed by atoms with van der Waals surface area (Å²) >= 11 is 0. The highest BCUT2D eigenvalue weighted by Gasteiger charge is 2.40. The minimum atomic E-state index is -0.330. The van der Waals surface area contributed by atoms with Gasteiger partial charge in [0.15, 0.2) is 5.79 Å². The van der Waals surface area contributed by atoms with Crippen molar-refractivity contribution in [1.29, 1.82) is 0 Å². The lowest BCUT2D eigenvalue weighted by molar-refractivity contribution is -0.169. The molecule has 4 rings (SSSR count). The van der Waals surface area contributed by atoms with Gasteiger partial charge in [-0.1, -0.05) is 6.92 Å². The van der Waals surface area contributed by atoms with Crippen LogP contribution in [0, 0.1) is 12.8 Å². The van der Waals surface area contributed by atoms with E-state index in [0.29, 0.717) is 0 Å². The largest absolute Gasteiger partial charge is 0.356 e. The number of anilines is 2. The van der Waals surface area contributed by atoms with Crippen LogP contribution in [0.15, 0.2) is 6.07 Å². The van der Waals surface area contributed by atoms with Crippen molar-refractivity contribution in [2.75, 3.05) is 49.2 Å². The Morgan fingerprint density at radius 1 is 1.04 bits per heavy atom. The molecule has 1 atom stereocenters. The molecule has 0 amide bonds. The van der Waals surface area contributed by atoms with E-state index >= 15 is 0 Å². The van der Waals surface area contributed by atoms with E-state index in [0.717, 1.165) is 75.6 Å². The maximum absolute atomic E-state index is 5.83. The molecule has 3 aliphatic rings. The van der Waals surface area contributed by atoms with E-state index in [2.05, 4.69) is 22.8 Å². The fraction of sp³-hybridized carbons (Fsp3) is 0.778. The number of aromatic nitrogens is 2. The first kappa shape index (κ1) is 16.1. The van der Waals surface area contributed by atoms with Crippen LogP contribution < -0.4 is 9.80 Å². The van der Waals surface area contributed by atoms with Gasteiger partial charge in [-0.2, -0.15) is 0 Å². The molecule has 1 unspecified atom stereocenters. The van der Waals surface area contributed by atoms with Crippen LogP contribution in [0.25, 0.3) is 0 Å². The normalized spacial score (nSPS) is 27.0. The first-order valence-corrected chi connectivity index (χ1v) is 9.27. The SMILES string of the molecule is Cc1nc(N2CCC3(CC2)OCCO3)cc(N2CCCC(C)C2)n1. The van der Waals surface area contributed by atoms with Gasteiger partial charge in [0.05, 0.1) is 13.2 Å². The number of rotatable bonds is 2. The second-order valence-corrected chi connectivity index (χ2v) is 7.42. The van der Waals surface area contributed by atoms with E-state index < -0.39 is 0 Å². The highest BCUT2D eigenvalue weighted by Crippen LogP contribution is 2.33.